The van der Waals surface area contributed by atoms with E-state index in [-0.39, 0.29) is 23.3 Å². The van der Waals surface area contributed by atoms with Crippen LogP contribution in [0.5, 0.6) is 0 Å². The molecule has 0 aliphatic heterocycles. The van der Waals surface area contributed by atoms with E-state index in [1.807, 2.05) is 0 Å². The van der Waals surface area contributed by atoms with Gasteiger partial charge in [0.25, 0.3) is 0 Å². The molecule has 0 aromatic carbocycles. The SMILES string of the molecule is O=[N+]([O-])c1c(Cl)ncnc1NC1(CO)CCCC1. The largest absolute Gasteiger partial charge is 0.394 e. The summed E-state index contributed by atoms with van der Waals surface area (Å²) >= 11 is 5.70. The molecular weight excluding hydrogens is 260 g/mol. The van der Waals surface area contributed by atoms with Gasteiger partial charge in [-0.3, -0.25) is 10.1 Å². The molecule has 2 rings (SSSR count). The highest BCUT2D eigenvalue weighted by Gasteiger charge is 2.36. The summed E-state index contributed by atoms with van der Waals surface area (Å²) in [4.78, 5) is 17.8. The average Bonchev–Trinajstić information content (AvgIpc) is 2.78. The summed E-state index contributed by atoms with van der Waals surface area (Å²) in [5.41, 5.74) is -0.887. The van der Waals surface area contributed by atoms with E-state index in [1.165, 1.54) is 0 Å². The second kappa shape index (κ2) is 5.03. The van der Waals surface area contributed by atoms with Crippen molar-refractivity contribution in [2.75, 3.05) is 11.9 Å². The zero-order chi connectivity index (χ0) is 13.2. The van der Waals surface area contributed by atoms with Gasteiger partial charge in [0.2, 0.25) is 11.0 Å². The van der Waals surface area contributed by atoms with Gasteiger partial charge in [0.15, 0.2) is 0 Å². The first-order chi connectivity index (χ1) is 8.58. The Morgan fingerprint density at radius 1 is 1.50 bits per heavy atom. The lowest BCUT2D eigenvalue weighted by molar-refractivity contribution is -0.384. The summed E-state index contributed by atoms with van der Waals surface area (Å²) in [5.74, 6) is 0.0657. The van der Waals surface area contributed by atoms with Gasteiger partial charge in [-0.05, 0) is 12.8 Å². The van der Waals surface area contributed by atoms with Gasteiger partial charge in [-0.2, -0.15) is 0 Å². The summed E-state index contributed by atoms with van der Waals surface area (Å²) in [5, 5.41) is 23.2. The van der Waals surface area contributed by atoms with Crippen molar-refractivity contribution in [1.29, 1.82) is 0 Å². The fourth-order valence-electron chi connectivity index (χ4n) is 2.24. The van der Waals surface area contributed by atoms with Crippen molar-refractivity contribution in [3.8, 4) is 0 Å². The van der Waals surface area contributed by atoms with E-state index >= 15 is 0 Å². The lowest BCUT2D eigenvalue weighted by Gasteiger charge is -2.28. The highest BCUT2D eigenvalue weighted by molar-refractivity contribution is 6.31. The molecule has 1 heterocycles. The van der Waals surface area contributed by atoms with Gasteiger partial charge >= 0.3 is 5.69 Å². The molecule has 1 aliphatic carbocycles. The molecule has 0 saturated heterocycles. The van der Waals surface area contributed by atoms with E-state index in [9.17, 15) is 15.2 Å². The highest BCUT2D eigenvalue weighted by Crippen LogP contribution is 2.36. The van der Waals surface area contributed by atoms with Crippen LogP contribution in [0.3, 0.4) is 0 Å². The number of nitrogens with one attached hydrogen (secondary N) is 1. The van der Waals surface area contributed by atoms with Crippen molar-refractivity contribution in [2.24, 2.45) is 0 Å². The molecule has 1 saturated carbocycles. The van der Waals surface area contributed by atoms with Crippen molar-refractivity contribution >= 4 is 23.1 Å². The van der Waals surface area contributed by atoms with Crippen LogP contribution in [-0.4, -0.2) is 32.1 Å². The number of rotatable bonds is 4. The number of aromatic nitrogens is 2. The van der Waals surface area contributed by atoms with Gasteiger partial charge in [-0.25, -0.2) is 9.97 Å². The van der Waals surface area contributed by atoms with Crippen LogP contribution in [0.4, 0.5) is 11.5 Å². The molecule has 0 spiro atoms. The number of aliphatic hydroxyl groups excluding tert-OH is 1. The van der Waals surface area contributed by atoms with Crippen LogP contribution >= 0.6 is 11.6 Å². The average molecular weight is 273 g/mol. The van der Waals surface area contributed by atoms with Gasteiger partial charge in [0, 0.05) is 0 Å². The van der Waals surface area contributed by atoms with E-state index in [4.69, 9.17) is 11.6 Å². The van der Waals surface area contributed by atoms with Crippen molar-refractivity contribution < 1.29 is 10.0 Å². The molecule has 1 fully saturated rings. The predicted octanol–water partition coefficient (Wildman–Crippen LogP) is 1.76. The van der Waals surface area contributed by atoms with E-state index in [0.29, 0.717) is 0 Å². The molecule has 7 nitrogen and oxygen atoms in total. The summed E-state index contributed by atoms with van der Waals surface area (Å²) in [7, 11) is 0. The molecule has 0 atom stereocenters. The third-order valence-corrected chi connectivity index (χ3v) is 3.48. The summed E-state index contributed by atoms with van der Waals surface area (Å²) in [6.45, 7) is -0.0915. The molecule has 1 aromatic heterocycles. The van der Waals surface area contributed by atoms with Crippen LogP contribution in [0, 0.1) is 10.1 Å². The molecule has 1 aliphatic rings. The second-order valence-corrected chi connectivity index (χ2v) is 4.75. The molecular formula is C10H13ClN4O3. The first-order valence-corrected chi connectivity index (χ1v) is 6.00. The Balaban J connectivity index is 2.34. The predicted molar refractivity (Wildman–Crippen MR) is 65.6 cm³/mol. The molecule has 98 valence electrons. The number of anilines is 1. The maximum atomic E-state index is 10.9. The first kappa shape index (κ1) is 13.0. The van der Waals surface area contributed by atoms with E-state index in [2.05, 4.69) is 15.3 Å². The zero-order valence-electron chi connectivity index (χ0n) is 9.60. The molecule has 8 heteroatoms. The monoisotopic (exact) mass is 272 g/mol. The van der Waals surface area contributed by atoms with E-state index < -0.39 is 10.5 Å². The third kappa shape index (κ3) is 2.37. The van der Waals surface area contributed by atoms with E-state index in [0.717, 1.165) is 32.0 Å². The van der Waals surface area contributed by atoms with Gasteiger partial charge in [-0.1, -0.05) is 24.4 Å². The van der Waals surface area contributed by atoms with Gasteiger partial charge < -0.3 is 10.4 Å². The van der Waals surface area contributed by atoms with Crippen molar-refractivity contribution in [2.45, 2.75) is 31.2 Å². The quantitative estimate of drug-likeness (QED) is 0.492. The molecule has 0 radical (unpaired) electrons. The second-order valence-electron chi connectivity index (χ2n) is 4.39. The molecule has 0 unspecified atom stereocenters. The fourth-order valence-corrected chi connectivity index (χ4v) is 2.44. The Morgan fingerprint density at radius 3 is 2.72 bits per heavy atom. The molecule has 18 heavy (non-hydrogen) atoms. The Kier molecular flexibility index (Phi) is 3.63. The smallest absolute Gasteiger partial charge is 0.348 e. The standard InChI is InChI=1S/C10H13ClN4O3/c11-8-7(15(17)18)9(13-6-12-8)14-10(5-16)3-1-2-4-10/h6,16H,1-5H2,(H,12,13,14). The van der Waals surface area contributed by atoms with E-state index in [1.54, 1.807) is 0 Å². The summed E-state index contributed by atoms with van der Waals surface area (Å²) in [6.07, 6.45) is 4.61. The van der Waals surface area contributed by atoms with Gasteiger partial charge in [-0.15, -0.1) is 0 Å². The number of nitro groups is 1. The Labute approximate surface area is 108 Å². The fraction of sp³-hybridized carbons (Fsp3) is 0.600. The van der Waals surface area contributed by atoms with Gasteiger partial charge in [0.05, 0.1) is 17.1 Å². The number of hydrogen-bond donors (Lipinski definition) is 2. The lowest BCUT2D eigenvalue weighted by atomic mass is 9.99. The minimum Gasteiger partial charge on any atom is -0.394 e. The zero-order valence-corrected chi connectivity index (χ0v) is 10.4. The highest BCUT2D eigenvalue weighted by atomic mass is 35.5. The van der Waals surface area contributed by atoms with Crippen LogP contribution in [-0.2, 0) is 0 Å². The maximum Gasteiger partial charge on any atom is 0.348 e. The number of aliphatic hydroxyl groups is 1. The number of hydrogen-bond acceptors (Lipinski definition) is 6. The topological polar surface area (TPSA) is 101 Å². The van der Waals surface area contributed by atoms with Crippen LogP contribution in [0.2, 0.25) is 5.15 Å². The maximum absolute atomic E-state index is 10.9. The van der Waals surface area contributed by atoms with Crippen LogP contribution in [0.25, 0.3) is 0 Å². The lowest BCUT2D eigenvalue weighted by Crippen LogP contribution is -2.39. The number of nitrogens with zero attached hydrogens (tertiary/aromatic N) is 3. The number of halogens is 1. The molecule has 0 amide bonds. The Morgan fingerprint density at radius 2 is 2.17 bits per heavy atom. The molecule has 2 N–H and O–H groups in total. The molecule has 1 aromatic rings. The Bertz CT molecular complexity index is 462. The first-order valence-electron chi connectivity index (χ1n) is 5.62. The minimum atomic E-state index is -0.620. The van der Waals surface area contributed by atoms with Crippen molar-refractivity contribution in [3.05, 3.63) is 21.6 Å². The summed E-state index contributed by atoms with van der Waals surface area (Å²) in [6, 6.07) is 0. The molecule has 0 bridgehead atoms. The Hall–Kier alpha value is -1.47. The summed E-state index contributed by atoms with van der Waals surface area (Å²) < 4.78 is 0. The van der Waals surface area contributed by atoms with Gasteiger partial charge in [0.1, 0.15) is 6.33 Å². The van der Waals surface area contributed by atoms with Crippen LogP contribution in [0.1, 0.15) is 25.7 Å². The van der Waals surface area contributed by atoms with Crippen LogP contribution in [0.15, 0.2) is 6.33 Å². The van der Waals surface area contributed by atoms with Crippen LogP contribution < -0.4 is 5.32 Å². The minimum absolute atomic E-state index is 0.0657. The van der Waals surface area contributed by atoms with Crippen molar-refractivity contribution in [3.63, 3.8) is 0 Å². The van der Waals surface area contributed by atoms with Crippen molar-refractivity contribution in [1.82, 2.24) is 9.97 Å². The normalized spacial score (nSPS) is 17.7. The third-order valence-electron chi connectivity index (χ3n) is 3.21.